The average molecular weight is 209 g/mol. The second-order valence-corrected chi connectivity index (χ2v) is 2.69. The van der Waals surface area contributed by atoms with Crippen LogP contribution in [0.1, 0.15) is 5.56 Å². The van der Waals surface area contributed by atoms with E-state index in [-0.39, 0.29) is 5.57 Å². The number of halogens is 1. The minimum Gasteiger partial charge on any atom is -0.478 e. The van der Waals surface area contributed by atoms with Crippen LogP contribution >= 0.6 is 0 Å². The molecule has 1 amide bonds. The summed E-state index contributed by atoms with van der Waals surface area (Å²) in [6.45, 7) is 0. The van der Waals surface area contributed by atoms with E-state index in [4.69, 9.17) is 5.11 Å². The van der Waals surface area contributed by atoms with Crippen LogP contribution in [0.5, 0.6) is 0 Å². The van der Waals surface area contributed by atoms with Gasteiger partial charge in [-0.15, -0.1) is 0 Å². The number of carbonyl (C=O) groups is 2. The number of amides is 1. The lowest BCUT2D eigenvalue weighted by Gasteiger charge is -2.00. The molecule has 0 heterocycles. The summed E-state index contributed by atoms with van der Waals surface area (Å²) in [6.07, 6.45) is 0.692. The van der Waals surface area contributed by atoms with E-state index in [0.717, 1.165) is 5.54 Å². The lowest BCUT2D eigenvalue weighted by Crippen LogP contribution is -2.12. The van der Waals surface area contributed by atoms with Crippen LogP contribution in [0.15, 0.2) is 36.4 Å². The van der Waals surface area contributed by atoms with Crippen molar-refractivity contribution in [1.82, 2.24) is 5.54 Å². The maximum atomic E-state index is 11.7. The van der Waals surface area contributed by atoms with Crippen molar-refractivity contribution < 1.29 is 19.2 Å². The first-order chi connectivity index (χ1) is 7.15. The zero-order valence-corrected chi connectivity index (χ0v) is 7.61. The van der Waals surface area contributed by atoms with Gasteiger partial charge in [0, 0.05) is 6.08 Å². The number of carboxylic acids is 1. The smallest absolute Gasteiger partial charge is 0.336 e. The monoisotopic (exact) mass is 209 g/mol. The van der Waals surface area contributed by atoms with E-state index in [0.29, 0.717) is 11.6 Å². The SMILES string of the molecule is O=C(C=C(C(=O)O)c1ccccc1)NF. The maximum absolute atomic E-state index is 11.7. The van der Waals surface area contributed by atoms with Gasteiger partial charge in [0.1, 0.15) is 0 Å². The number of carbonyl (C=O) groups excluding carboxylic acids is 1. The van der Waals surface area contributed by atoms with Crippen molar-refractivity contribution in [3.63, 3.8) is 0 Å². The summed E-state index contributed by atoms with van der Waals surface area (Å²) in [5.41, 5.74) is 0.924. The maximum Gasteiger partial charge on any atom is 0.336 e. The predicted octanol–water partition coefficient (Wildman–Crippen LogP) is 1.16. The molecule has 0 fully saturated rings. The topological polar surface area (TPSA) is 66.4 Å². The van der Waals surface area contributed by atoms with Crippen molar-refractivity contribution >= 4 is 17.4 Å². The van der Waals surface area contributed by atoms with Crippen molar-refractivity contribution in [1.29, 1.82) is 0 Å². The Morgan fingerprint density at radius 2 is 1.87 bits per heavy atom. The molecular weight excluding hydrogens is 201 g/mol. The quantitative estimate of drug-likeness (QED) is 0.579. The molecule has 0 spiro atoms. The molecule has 1 aromatic carbocycles. The first-order valence-corrected chi connectivity index (χ1v) is 4.06. The van der Waals surface area contributed by atoms with E-state index in [1.807, 2.05) is 0 Å². The van der Waals surface area contributed by atoms with Gasteiger partial charge < -0.3 is 5.11 Å². The van der Waals surface area contributed by atoms with Gasteiger partial charge in [-0.25, -0.2) is 4.79 Å². The fraction of sp³-hybridized carbons (Fsp3) is 0. The number of rotatable bonds is 3. The highest BCUT2D eigenvalue weighted by Crippen LogP contribution is 2.13. The van der Waals surface area contributed by atoms with Gasteiger partial charge in [-0.05, 0) is 5.56 Å². The largest absolute Gasteiger partial charge is 0.478 e. The van der Waals surface area contributed by atoms with E-state index in [9.17, 15) is 14.1 Å². The highest BCUT2D eigenvalue weighted by atomic mass is 19.2. The third-order valence-electron chi connectivity index (χ3n) is 1.68. The summed E-state index contributed by atoms with van der Waals surface area (Å²) in [5, 5.41) is 8.80. The standard InChI is InChI=1S/C10H8FNO3/c11-12-9(13)6-8(10(14)15)7-4-2-1-3-5-7/h1-6H,(H,12,13)(H,14,15). The van der Waals surface area contributed by atoms with Gasteiger partial charge in [-0.3, -0.25) is 4.79 Å². The van der Waals surface area contributed by atoms with Crippen molar-refractivity contribution in [2.75, 3.05) is 0 Å². The molecule has 4 nitrogen and oxygen atoms in total. The molecule has 0 saturated carbocycles. The van der Waals surface area contributed by atoms with E-state index in [1.165, 1.54) is 12.1 Å². The molecule has 0 unspecified atom stereocenters. The lowest BCUT2D eigenvalue weighted by atomic mass is 10.1. The molecule has 0 bridgehead atoms. The number of hydrogen-bond donors (Lipinski definition) is 2. The van der Waals surface area contributed by atoms with Gasteiger partial charge in [0.15, 0.2) is 0 Å². The van der Waals surface area contributed by atoms with Gasteiger partial charge in [0.2, 0.25) is 0 Å². The Labute approximate surface area is 85.0 Å². The molecule has 0 atom stereocenters. The van der Waals surface area contributed by atoms with Crippen LogP contribution in [0.3, 0.4) is 0 Å². The molecule has 78 valence electrons. The zero-order valence-electron chi connectivity index (χ0n) is 7.61. The number of nitrogens with one attached hydrogen (secondary N) is 1. The molecule has 0 aliphatic heterocycles. The third kappa shape index (κ3) is 2.91. The first-order valence-electron chi connectivity index (χ1n) is 4.06. The number of carboxylic acid groups (broad SMARTS) is 1. The van der Waals surface area contributed by atoms with Crippen LogP contribution in [0.25, 0.3) is 5.57 Å². The number of hydrogen-bond acceptors (Lipinski definition) is 2. The Hall–Kier alpha value is -2.17. The van der Waals surface area contributed by atoms with Crippen molar-refractivity contribution in [3.05, 3.63) is 42.0 Å². The number of benzene rings is 1. The lowest BCUT2D eigenvalue weighted by molar-refractivity contribution is -0.130. The van der Waals surface area contributed by atoms with Gasteiger partial charge in [-0.1, -0.05) is 34.8 Å². The Kier molecular flexibility index (Phi) is 3.56. The van der Waals surface area contributed by atoms with Crippen LogP contribution in [-0.4, -0.2) is 17.0 Å². The van der Waals surface area contributed by atoms with Crippen molar-refractivity contribution in [2.45, 2.75) is 0 Å². The van der Waals surface area contributed by atoms with Gasteiger partial charge in [0.05, 0.1) is 5.57 Å². The Bertz CT molecular complexity index is 400. The summed E-state index contributed by atoms with van der Waals surface area (Å²) in [5.74, 6) is -2.39. The van der Waals surface area contributed by atoms with E-state index in [2.05, 4.69) is 0 Å². The highest BCUT2D eigenvalue weighted by Gasteiger charge is 2.11. The van der Waals surface area contributed by atoms with Gasteiger partial charge >= 0.3 is 5.97 Å². The Morgan fingerprint density at radius 1 is 1.27 bits per heavy atom. The molecule has 0 radical (unpaired) electrons. The average Bonchev–Trinajstić information content (AvgIpc) is 2.26. The summed E-state index contributed by atoms with van der Waals surface area (Å²) in [6, 6.07) is 7.99. The molecule has 1 rings (SSSR count). The minimum absolute atomic E-state index is 0.259. The Balaban J connectivity index is 3.10. The number of aliphatic carboxylic acids is 1. The summed E-state index contributed by atoms with van der Waals surface area (Å²) in [7, 11) is 0. The van der Waals surface area contributed by atoms with Gasteiger partial charge in [0.25, 0.3) is 5.91 Å². The van der Waals surface area contributed by atoms with E-state index in [1.54, 1.807) is 18.2 Å². The fourth-order valence-electron chi connectivity index (χ4n) is 1.04. The first kappa shape index (κ1) is 10.9. The van der Waals surface area contributed by atoms with Crippen LogP contribution in [0.2, 0.25) is 0 Å². The molecule has 0 aliphatic rings. The summed E-state index contributed by atoms with van der Waals surface area (Å²) in [4.78, 5) is 21.5. The molecule has 0 saturated heterocycles. The molecule has 5 heteroatoms. The molecule has 1 aromatic rings. The van der Waals surface area contributed by atoms with E-state index >= 15 is 0 Å². The molecule has 0 aromatic heterocycles. The normalized spacial score (nSPS) is 10.9. The van der Waals surface area contributed by atoms with Crippen LogP contribution in [-0.2, 0) is 9.59 Å². The fourth-order valence-corrected chi connectivity index (χ4v) is 1.04. The van der Waals surface area contributed by atoms with Crippen molar-refractivity contribution in [3.8, 4) is 0 Å². The second-order valence-electron chi connectivity index (χ2n) is 2.69. The molecule has 0 aliphatic carbocycles. The predicted molar refractivity (Wildman–Crippen MR) is 51.3 cm³/mol. The molecule has 2 N–H and O–H groups in total. The van der Waals surface area contributed by atoms with Crippen molar-refractivity contribution in [2.24, 2.45) is 0 Å². The summed E-state index contributed by atoms with van der Waals surface area (Å²) < 4.78 is 11.7. The zero-order chi connectivity index (χ0) is 11.3. The van der Waals surface area contributed by atoms with Crippen LogP contribution in [0.4, 0.5) is 4.48 Å². The Morgan fingerprint density at radius 3 is 2.33 bits per heavy atom. The summed E-state index contributed by atoms with van der Waals surface area (Å²) >= 11 is 0. The van der Waals surface area contributed by atoms with E-state index < -0.39 is 11.9 Å². The third-order valence-corrected chi connectivity index (χ3v) is 1.68. The highest BCUT2D eigenvalue weighted by molar-refractivity contribution is 6.20. The molecule has 15 heavy (non-hydrogen) atoms. The van der Waals surface area contributed by atoms with Gasteiger partial charge in [-0.2, -0.15) is 5.54 Å². The molecular formula is C10H8FNO3. The van der Waals surface area contributed by atoms with Crippen LogP contribution < -0.4 is 5.54 Å². The van der Waals surface area contributed by atoms with Crippen LogP contribution in [0, 0.1) is 0 Å². The second kappa shape index (κ2) is 4.90. The minimum atomic E-state index is -1.29.